The lowest BCUT2D eigenvalue weighted by molar-refractivity contribution is -0.386. The van der Waals surface area contributed by atoms with Gasteiger partial charge in [-0.2, -0.15) is 5.10 Å². The van der Waals surface area contributed by atoms with E-state index in [-0.39, 0.29) is 29.4 Å². The largest absolute Gasteiger partial charge is 0.497 e. The molecule has 0 bridgehead atoms. The van der Waals surface area contributed by atoms with Crippen LogP contribution in [0.2, 0.25) is 0 Å². The van der Waals surface area contributed by atoms with Crippen LogP contribution < -0.4 is 24.3 Å². The minimum Gasteiger partial charge on any atom is -0.497 e. The standard InChI is InChI=1S/C20H21N5O7/c1-29-12-7-5-11(6-8-12)19-22-15(23-24-19)10-21-20(26)13-9-14(30-2)17(31-3)18(32-4)16(13)25(27)28/h5-9H,10H2,1-4H3,(H,21,26)(H,22,23,24). The molecule has 0 aliphatic carbocycles. The summed E-state index contributed by atoms with van der Waals surface area (Å²) in [4.78, 5) is 28.1. The fourth-order valence-electron chi connectivity index (χ4n) is 3.00. The van der Waals surface area contributed by atoms with Gasteiger partial charge in [0, 0.05) is 11.6 Å². The predicted molar refractivity (Wildman–Crippen MR) is 112 cm³/mol. The summed E-state index contributed by atoms with van der Waals surface area (Å²) >= 11 is 0. The summed E-state index contributed by atoms with van der Waals surface area (Å²) in [6, 6.07) is 8.36. The molecule has 0 fully saturated rings. The lowest BCUT2D eigenvalue weighted by Gasteiger charge is -2.14. The average Bonchev–Trinajstić information content (AvgIpc) is 3.29. The van der Waals surface area contributed by atoms with E-state index >= 15 is 0 Å². The van der Waals surface area contributed by atoms with Crippen molar-refractivity contribution in [3.63, 3.8) is 0 Å². The van der Waals surface area contributed by atoms with Gasteiger partial charge >= 0.3 is 5.69 Å². The number of aromatic amines is 1. The second kappa shape index (κ2) is 9.64. The maximum atomic E-state index is 12.8. The van der Waals surface area contributed by atoms with Gasteiger partial charge in [-0.1, -0.05) is 0 Å². The van der Waals surface area contributed by atoms with Crippen molar-refractivity contribution < 1.29 is 28.7 Å². The van der Waals surface area contributed by atoms with Crippen LogP contribution in [0.15, 0.2) is 30.3 Å². The molecular weight excluding hydrogens is 422 g/mol. The van der Waals surface area contributed by atoms with Gasteiger partial charge in [0.25, 0.3) is 5.91 Å². The van der Waals surface area contributed by atoms with Crippen LogP contribution in [0.4, 0.5) is 5.69 Å². The number of amides is 1. The minimum atomic E-state index is -0.724. The molecule has 3 aromatic rings. The third kappa shape index (κ3) is 4.38. The predicted octanol–water partition coefficient (Wildman–Crippen LogP) is 2.34. The van der Waals surface area contributed by atoms with Crippen molar-refractivity contribution >= 4 is 11.6 Å². The number of rotatable bonds is 9. The summed E-state index contributed by atoms with van der Waals surface area (Å²) in [6.45, 7) is -0.0458. The van der Waals surface area contributed by atoms with Gasteiger partial charge in [0.05, 0.1) is 39.9 Å². The number of nitrogens with zero attached hydrogens (tertiary/aromatic N) is 3. The Labute approximate surface area is 182 Å². The van der Waals surface area contributed by atoms with Crippen molar-refractivity contribution in [2.45, 2.75) is 6.54 Å². The monoisotopic (exact) mass is 443 g/mol. The van der Waals surface area contributed by atoms with E-state index in [9.17, 15) is 14.9 Å². The Morgan fingerprint density at radius 2 is 1.75 bits per heavy atom. The van der Waals surface area contributed by atoms with Crippen LogP contribution in [0.1, 0.15) is 16.2 Å². The van der Waals surface area contributed by atoms with E-state index < -0.39 is 16.5 Å². The average molecular weight is 443 g/mol. The molecule has 1 amide bonds. The molecule has 168 valence electrons. The molecule has 12 heteroatoms. The molecule has 0 unspecified atom stereocenters. The molecule has 0 aliphatic rings. The molecule has 2 N–H and O–H groups in total. The number of nitrogens with one attached hydrogen (secondary N) is 2. The number of nitro groups is 1. The van der Waals surface area contributed by atoms with Gasteiger partial charge < -0.3 is 24.3 Å². The molecule has 0 radical (unpaired) electrons. The molecule has 3 rings (SSSR count). The highest BCUT2D eigenvalue weighted by Gasteiger charge is 2.32. The Morgan fingerprint density at radius 1 is 1.06 bits per heavy atom. The van der Waals surface area contributed by atoms with Gasteiger partial charge in [-0.25, -0.2) is 4.98 Å². The highest BCUT2D eigenvalue weighted by Crippen LogP contribution is 2.46. The molecule has 1 heterocycles. The number of carbonyl (C=O) groups excluding carboxylic acids is 1. The summed E-state index contributed by atoms with van der Waals surface area (Å²) in [6.07, 6.45) is 0. The zero-order valence-corrected chi connectivity index (χ0v) is 17.8. The van der Waals surface area contributed by atoms with Crippen LogP contribution in [0.25, 0.3) is 11.4 Å². The molecule has 12 nitrogen and oxygen atoms in total. The maximum absolute atomic E-state index is 12.8. The normalized spacial score (nSPS) is 10.4. The van der Waals surface area contributed by atoms with Crippen molar-refractivity contribution in [1.29, 1.82) is 0 Å². The SMILES string of the molecule is COc1ccc(-c2n[nH]c(CNC(=O)c3cc(OC)c(OC)c(OC)c3[N+](=O)[O-])n2)cc1. The first-order valence-corrected chi connectivity index (χ1v) is 9.24. The van der Waals surface area contributed by atoms with Crippen LogP contribution >= 0.6 is 0 Å². The quantitative estimate of drug-likeness (QED) is 0.375. The minimum absolute atomic E-state index is 0.0117. The van der Waals surface area contributed by atoms with E-state index in [0.29, 0.717) is 17.4 Å². The van der Waals surface area contributed by atoms with E-state index in [1.165, 1.54) is 27.4 Å². The number of H-pyrrole nitrogens is 1. The van der Waals surface area contributed by atoms with E-state index in [0.717, 1.165) is 5.56 Å². The Morgan fingerprint density at radius 3 is 2.31 bits per heavy atom. The molecule has 0 saturated carbocycles. The zero-order valence-electron chi connectivity index (χ0n) is 17.8. The highest BCUT2D eigenvalue weighted by molar-refractivity contribution is 6.00. The number of methoxy groups -OCH3 is 4. The third-order valence-corrected chi connectivity index (χ3v) is 4.53. The number of hydrogen-bond acceptors (Lipinski definition) is 9. The van der Waals surface area contributed by atoms with Crippen molar-refractivity contribution in [3.05, 3.63) is 51.8 Å². The third-order valence-electron chi connectivity index (χ3n) is 4.53. The Balaban J connectivity index is 1.83. The smallest absolute Gasteiger partial charge is 0.327 e. The molecule has 0 spiro atoms. The van der Waals surface area contributed by atoms with Gasteiger partial charge in [-0.05, 0) is 24.3 Å². The van der Waals surface area contributed by atoms with Crippen molar-refractivity contribution in [2.75, 3.05) is 28.4 Å². The molecule has 0 atom stereocenters. The fraction of sp³-hybridized carbons (Fsp3) is 0.250. The summed E-state index contributed by atoms with van der Waals surface area (Å²) in [5.41, 5.74) is -0.0431. The van der Waals surface area contributed by atoms with Crippen LogP contribution in [-0.4, -0.2) is 54.5 Å². The molecule has 0 saturated heterocycles. The van der Waals surface area contributed by atoms with Gasteiger partial charge in [-0.15, -0.1) is 0 Å². The molecule has 1 aromatic heterocycles. The highest BCUT2D eigenvalue weighted by atomic mass is 16.6. The number of aromatic nitrogens is 3. The summed E-state index contributed by atoms with van der Waals surface area (Å²) in [5.74, 6) is 0.666. The van der Waals surface area contributed by atoms with Gasteiger partial charge in [0.1, 0.15) is 17.1 Å². The topological polar surface area (TPSA) is 151 Å². The Hall–Kier alpha value is -4.35. The maximum Gasteiger partial charge on any atom is 0.327 e. The second-order valence-corrected chi connectivity index (χ2v) is 6.32. The van der Waals surface area contributed by atoms with Gasteiger partial charge in [-0.3, -0.25) is 20.0 Å². The Bertz CT molecular complexity index is 1130. The lowest BCUT2D eigenvalue weighted by Crippen LogP contribution is -2.24. The van der Waals surface area contributed by atoms with Crippen molar-refractivity contribution in [2.24, 2.45) is 0 Å². The summed E-state index contributed by atoms with van der Waals surface area (Å²) in [7, 11) is 5.47. The number of hydrogen-bond donors (Lipinski definition) is 2. The number of nitro benzene ring substituents is 1. The summed E-state index contributed by atoms with van der Waals surface area (Å²) < 4.78 is 20.6. The first-order valence-electron chi connectivity index (χ1n) is 9.24. The van der Waals surface area contributed by atoms with Gasteiger partial charge in [0.15, 0.2) is 11.6 Å². The summed E-state index contributed by atoms with van der Waals surface area (Å²) in [5, 5.41) is 21.1. The number of ether oxygens (including phenoxy) is 4. The van der Waals surface area contributed by atoms with Gasteiger partial charge in [0.2, 0.25) is 11.5 Å². The zero-order chi connectivity index (χ0) is 23.3. The van der Waals surface area contributed by atoms with E-state index in [1.54, 1.807) is 31.4 Å². The molecular formula is C20H21N5O7. The number of carbonyl (C=O) groups is 1. The fourth-order valence-corrected chi connectivity index (χ4v) is 3.00. The van der Waals surface area contributed by atoms with Crippen molar-refractivity contribution in [1.82, 2.24) is 20.5 Å². The van der Waals surface area contributed by atoms with Crippen molar-refractivity contribution in [3.8, 4) is 34.4 Å². The lowest BCUT2D eigenvalue weighted by atomic mass is 10.1. The van der Waals surface area contributed by atoms with Crippen LogP contribution in [0.3, 0.4) is 0 Å². The second-order valence-electron chi connectivity index (χ2n) is 6.32. The van der Waals surface area contributed by atoms with Crippen LogP contribution in [-0.2, 0) is 6.54 Å². The molecule has 32 heavy (non-hydrogen) atoms. The Kier molecular flexibility index (Phi) is 6.73. The van der Waals surface area contributed by atoms with E-state index in [1.807, 2.05) is 0 Å². The van der Waals surface area contributed by atoms with E-state index in [4.69, 9.17) is 18.9 Å². The molecule has 2 aromatic carbocycles. The number of benzene rings is 2. The first-order chi connectivity index (χ1) is 15.4. The first kappa shape index (κ1) is 22.3. The molecule has 0 aliphatic heterocycles. The van der Waals surface area contributed by atoms with E-state index in [2.05, 4.69) is 20.5 Å². The van der Waals surface area contributed by atoms with Crippen LogP contribution in [0.5, 0.6) is 23.0 Å². The van der Waals surface area contributed by atoms with Crippen LogP contribution in [0, 0.1) is 10.1 Å².